The highest BCUT2D eigenvalue weighted by Gasteiger charge is 2.72. The van der Waals surface area contributed by atoms with Crippen LogP contribution in [0.1, 0.15) is 73.3 Å². The number of hydrogen-bond acceptors (Lipinski definition) is 8. The molecule has 8 N–H and O–H groups in total. The Morgan fingerprint density at radius 2 is 0.712 bits per heavy atom. The zero-order valence-corrected chi connectivity index (χ0v) is 37.0. The summed E-state index contributed by atoms with van der Waals surface area (Å²) in [7, 11) is 0. The van der Waals surface area contributed by atoms with E-state index in [2.05, 4.69) is 21.3 Å². The molecule has 8 rings (SSSR count). The quantitative estimate of drug-likeness (QED) is 0.0426. The Hall–Kier alpha value is -9.72. The first-order valence-electron chi connectivity index (χ1n) is 21.3. The van der Waals surface area contributed by atoms with Crippen molar-refractivity contribution < 1.29 is 75.5 Å². The minimum absolute atomic E-state index is 0.0731. The van der Waals surface area contributed by atoms with Gasteiger partial charge in [-0.15, -0.1) is 0 Å². The minimum atomic E-state index is -6.25. The lowest BCUT2D eigenvalue weighted by molar-refractivity contribution is -0.288. The summed E-state index contributed by atoms with van der Waals surface area (Å²) in [6.07, 6.45) is -12.5. The lowest BCUT2D eigenvalue weighted by Gasteiger charge is -2.38. The average molecular weight is 1000 g/mol. The maximum atomic E-state index is 15.4. The molecule has 14 nitrogen and oxygen atoms in total. The molecular weight excluding hydrogens is 967 g/mol. The molecular formula is C53H34F6N4O10. The zero-order valence-electron chi connectivity index (χ0n) is 37.0. The predicted molar refractivity (Wildman–Crippen MR) is 256 cm³/mol. The summed E-state index contributed by atoms with van der Waals surface area (Å²) in [5, 5.41) is 52.2. The Balaban J connectivity index is 1.06. The van der Waals surface area contributed by atoms with Crippen LogP contribution < -0.4 is 21.3 Å². The van der Waals surface area contributed by atoms with E-state index in [1.165, 1.54) is 60.7 Å². The van der Waals surface area contributed by atoms with Crippen LogP contribution in [-0.2, 0) is 5.41 Å². The number of phenolic OH excluding ortho intramolecular Hbond substituents is 2. The second kappa shape index (κ2) is 19.2. The van der Waals surface area contributed by atoms with Crippen LogP contribution in [0.5, 0.6) is 11.5 Å². The number of aromatic hydroxyl groups is 2. The molecule has 0 spiro atoms. The molecule has 0 heterocycles. The number of alkyl halides is 6. The number of fused-ring (bicyclic) bond motifs is 2. The van der Waals surface area contributed by atoms with Gasteiger partial charge < -0.3 is 41.7 Å². The molecule has 0 fully saturated rings. The Labute approximate surface area is 407 Å². The number of carbonyl (C=O) groups excluding carboxylic acids is 4. The Morgan fingerprint density at radius 3 is 1.04 bits per heavy atom. The van der Waals surface area contributed by atoms with Gasteiger partial charge in [-0.25, -0.2) is 9.59 Å². The third-order valence-electron chi connectivity index (χ3n) is 11.7. The smallest absolute Gasteiger partial charge is 0.411 e. The molecule has 0 aliphatic rings. The first-order chi connectivity index (χ1) is 34.5. The number of nitrogens with one attached hydrogen (secondary N) is 4. The number of halogens is 6. The van der Waals surface area contributed by atoms with Gasteiger partial charge in [-0.3, -0.25) is 19.2 Å². The summed E-state index contributed by atoms with van der Waals surface area (Å²) in [5.41, 5.74) is -11.9. The number of carboxylic acid groups (broad SMARTS) is 2. The van der Waals surface area contributed by atoms with Crippen molar-refractivity contribution in [3.05, 3.63) is 202 Å². The Kier molecular flexibility index (Phi) is 13.1. The number of carboxylic acids is 2. The highest BCUT2D eigenvalue weighted by Crippen LogP contribution is 2.57. The van der Waals surface area contributed by atoms with Gasteiger partial charge in [0.2, 0.25) is 5.41 Å². The molecule has 0 aromatic heterocycles. The molecule has 0 aliphatic heterocycles. The molecule has 8 aromatic carbocycles. The van der Waals surface area contributed by atoms with Crippen molar-refractivity contribution in [2.75, 3.05) is 21.3 Å². The monoisotopic (exact) mass is 1000 g/mol. The third-order valence-corrected chi connectivity index (χ3v) is 11.7. The molecule has 0 radical (unpaired) electrons. The summed E-state index contributed by atoms with van der Waals surface area (Å²) in [4.78, 5) is 77.9. The van der Waals surface area contributed by atoms with E-state index in [1.54, 1.807) is 48.5 Å². The molecule has 0 bridgehead atoms. The van der Waals surface area contributed by atoms with Gasteiger partial charge in [0.1, 0.15) is 11.5 Å². The van der Waals surface area contributed by atoms with Crippen LogP contribution in [0.15, 0.2) is 158 Å². The maximum Gasteiger partial charge on any atom is 0.411 e. The number of rotatable bonds is 12. The molecule has 368 valence electrons. The van der Waals surface area contributed by atoms with E-state index < -0.39 is 87.3 Å². The molecule has 0 aliphatic carbocycles. The van der Waals surface area contributed by atoms with E-state index >= 15 is 26.3 Å². The van der Waals surface area contributed by atoms with Crippen molar-refractivity contribution in [1.29, 1.82) is 0 Å². The van der Waals surface area contributed by atoms with E-state index in [0.717, 1.165) is 12.1 Å². The van der Waals surface area contributed by atoms with Crippen molar-refractivity contribution in [3.63, 3.8) is 0 Å². The summed E-state index contributed by atoms with van der Waals surface area (Å²) >= 11 is 0. The first-order valence-corrected chi connectivity index (χ1v) is 21.3. The van der Waals surface area contributed by atoms with E-state index in [-0.39, 0.29) is 56.9 Å². The number of amides is 4. The van der Waals surface area contributed by atoms with Gasteiger partial charge in [0.25, 0.3) is 23.6 Å². The normalized spacial score (nSPS) is 11.7. The molecule has 0 atom stereocenters. The van der Waals surface area contributed by atoms with Crippen LogP contribution in [0.25, 0.3) is 21.5 Å². The molecule has 4 amide bonds. The predicted octanol–water partition coefficient (Wildman–Crippen LogP) is 11.2. The second-order valence-corrected chi connectivity index (χ2v) is 16.3. The zero-order chi connectivity index (χ0) is 52.6. The Morgan fingerprint density at radius 1 is 0.370 bits per heavy atom. The van der Waals surface area contributed by atoms with Crippen LogP contribution in [0, 0.1) is 0 Å². The molecule has 8 aromatic rings. The number of aromatic carboxylic acids is 2. The fraction of sp³-hybridized carbons (Fsp3) is 0.0566. The van der Waals surface area contributed by atoms with Crippen molar-refractivity contribution in [3.8, 4) is 11.5 Å². The van der Waals surface area contributed by atoms with Gasteiger partial charge in [-0.05, 0) is 118 Å². The lowest BCUT2D eigenvalue weighted by atomic mass is 9.72. The van der Waals surface area contributed by atoms with Gasteiger partial charge in [0.05, 0.1) is 33.6 Å². The van der Waals surface area contributed by atoms with E-state index in [9.17, 15) is 49.2 Å². The standard InChI is InChI=1S/C53H34F6N4O10/c54-52(55,56)51(53(57,58)59,33-15-17-43(64)41(25-33)62-45(66)31-11-5-13-35(19-31)60-47(68)37-21-27-7-1-3-9-29(27)23-39(37)49(70)71)34-16-18-44(65)42(26-34)63-46(67)32-12-6-14-36(20-32)61-48(69)38-22-28-8-2-4-10-30(28)24-40(38)50(72)73/h1-26,64-65H,(H,60,68)(H,61,69)(H,62,66)(H,63,67)(H,70,71)(H,72,73). The van der Waals surface area contributed by atoms with E-state index in [0.29, 0.717) is 45.8 Å². The van der Waals surface area contributed by atoms with Crippen LogP contribution in [0.2, 0.25) is 0 Å². The van der Waals surface area contributed by atoms with Gasteiger partial charge in [0, 0.05) is 22.5 Å². The topological polar surface area (TPSA) is 231 Å². The number of anilines is 4. The summed E-state index contributed by atoms with van der Waals surface area (Å²) in [6.45, 7) is 0. The van der Waals surface area contributed by atoms with Gasteiger partial charge in [-0.1, -0.05) is 72.8 Å². The second-order valence-electron chi connectivity index (χ2n) is 16.3. The minimum Gasteiger partial charge on any atom is -0.506 e. The molecule has 0 saturated heterocycles. The SMILES string of the molecule is O=C(Nc1cc(C(c2ccc(O)c(NC(=O)c3cccc(NC(=O)c4cc5ccccc5cc4C(=O)O)c3)c2)(C(F)(F)F)C(F)(F)F)ccc1O)c1cccc(NC(=O)c2cc3ccccc3cc2C(=O)O)c1. The highest BCUT2D eigenvalue weighted by molar-refractivity contribution is 6.15. The number of phenols is 2. The van der Waals surface area contributed by atoms with Crippen molar-refractivity contribution >= 4 is 79.9 Å². The summed E-state index contributed by atoms with van der Waals surface area (Å²) in [5.74, 6) is -8.90. The van der Waals surface area contributed by atoms with Gasteiger partial charge in [0.15, 0.2) is 0 Å². The number of hydrogen-bond donors (Lipinski definition) is 8. The third kappa shape index (κ3) is 9.76. The average Bonchev–Trinajstić information content (AvgIpc) is 3.34. The Bertz CT molecular complexity index is 3360. The van der Waals surface area contributed by atoms with Gasteiger partial charge >= 0.3 is 24.3 Å². The molecule has 20 heteroatoms. The lowest BCUT2D eigenvalue weighted by Crippen LogP contribution is -2.54. The maximum absolute atomic E-state index is 15.4. The largest absolute Gasteiger partial charge is 0.506 e. The molecule has 0 saturated carbocycles. The van der Waals surface area contributed by atoms with Gasteiger partial charge in [-0.2, -0.15) is 26.3 Å². The van der Waals surface area contributed by atoms with Crippen molar-refractivity contribution in [1.82, 2.24) is 0 Å². The number of benzene rings is 8. The molecule has 73 heavy (non-hydrogen) atoms. The van der Waals surface area contributed by atoms with Crippen LogP contribution >= 0.6 is 0 Å². The first kappa shape index (κ1) is 49.7. The fourth-order valence-electron chi connectivity index (χ4n) is 8.19. The summed E-state index contributed by atoms with van der Waals surface area (Å²) < 4.78 is 92.7. The van der Waals surface area contributed by atoms with Crippen LogP contribution in [0.3, 0.4) is 0 Å². The fourth-order valence-corrected chi connectivity index (χ4v) is 8.19. The number of carbonyl (C=O) groups is 6. The summed E-state index contributed by atoms with van der Waals surface area (Å²) in [6, 6.07) is 30.3. The highest BCUT2D eigenvalue weighted by atomic mass is 19.4. The van der Waals surface area contributed by atoms with Crippen LogP contribution in [0.4, 0.5) is 49.1 Å². The van der Waals surface area contributed by atoms with Crippen molar-refractivity contribution in [2.24, 2.45) is 0 Å². The van der Waals surface area contributed by atoms with E-state index in [4.69, 9.17) is 0 Å². The molecule has 0 unspecified atom stereocenters. The van der Waals surface area contributed by atoms with Crippen molar-refractivity contribution in [2.45, 2.75) is 17.8 Å². The van der Waals surface area contributed by atoms with E-state index in [1.807, 2.05) is 0 Å². The van der Waals surface area contributed by atoms with Crippen LogP contribution in [-0.4, -0.2) is 68.3 Å².